The van der Waals surface area contributed by atoms with Gasteiger partial charge in [-0.1, -0.05) is 24.9 Å². The number of benzene rings is 1. The van der Waals surface area contributed by atoms with E-state index < -0.39 is 15.6 Å². The van der Waals surface area contributed by atoms with Crippen molar-refractivity contribution in [1.82, 2.24) is 4.72 Å². The lowest BCUT2D eigenvalue weighted by Gasteiger charge is -2.25. The highest BCUT2D eigenvalue weighted by molar-refractivity contribution is 9.10. The molecule has 0 bridgehead atoms. The van der Waals surface area contributed by atoms with Crippen LogP contribution in [-0.2, 0) is 10.0 Å². The first kappa shape index (κ1) is 16.8. The van der Waals surface area contributed by atoms with Crippen molar-refractivity contribution < 1.29 is 8.42 Å². The SMILES string of the molecule is CCCC(C)(C)NS(=O)(=O)c1cc(Cl)cc(N)c1Br. The van der Waals surface area contributed by atoms with E-state index in [1.165, 1.54) is 12.1 Å². The summed E-state index contributed by atoms with van der Waals surface area (Å²) in [5.74, 6) is 0. The van der Waals surface area contributed by atoms with Crippen LogP contribution in [0.15, 0.2) is 21.5 Å². The minimum absolute atomic E-state index is 0.0571. The second kappa shape index (κ2) is 5.99. The Hall–Kier alpha value is -0.300. The molecule has 4 nitrogen and oxygen atoms in total. The molecule has 1 rings (SSSR count). The second-order valence-corrected chi connectivity index (χ2v) is 7.93. The number of nitrogen functional groups attached to an aromatic ring is 1. The minimum Gasteiger partial charge on any atom is -0.398 e. The van der Waals surface area contributed by atoms with Crippen molar-refractivity contribution in [2.45, 2.75) is 44.0 Å². The summed E-state index contributed by atoms with van der Waals surface area (Å²) in [5.41, 5.74) is 5.49. The third kappa shape index (κ3) is 4.34. The Morgan fingerprint density at radius 3 is 2.53 bits per heavy atom. The molecule has 0 fully saturated rings. The summed E-state index contributed by atoms with van der Waals surface area (Å²) in [6.07, 6.45) is 1.62. The maximum atomic E-state index is 12.4. The van der Waals surface area contributed by atoms with Gasteiger partial charge >= 0.3 is 0 Å². The maximum Gasteiger partial charge on any atom is 0.242 e. The van der Waals surface area contributed by atoms with E-state index in [9.17, 15) is 8.42 Å². The smallest absolute Gasteiger partial charge is 0.242 e. The van der Waals surface area contributed by atoms with Crippen molar-refractivity contribution in [3.63, 3.8) is 0 Å². The predicted molar refractivity (Wildman–Crippen MR) is 82.9 cm³/mol. The van der Waals surface area contributed by atoms with Crippen LogP contribution in [0, 0.1) is 0 Å². The lowest BCUT2D eigenvalue weighted by molar-refractivity contribution is 0.417. The van der Waals surface area contributed by atoms with Crippen LogP contribution < -0.4 is 10.5 Å². The Morgan fingerprint density at radius 1 is 1.42 bits per heavy atom. The third-order valence-corrected chi connectivity index (χ3v) is 5.70. The van der Waals surface area contributed by atoms with Crippen LogP contribution in [0.3, 0.4) is 0 Å². The van der Waals surface area contributed by atoms with E-state index in [2.05, 4.69) is 20.7 Å². The number of nitrogens with one attached hydrogen (secondary N) is 1. The zero-order chi connectivity index (χ0) is 14.8. The lowest BCUT2D eigenvalue weighted by atomic mass is 10.0. The monoisotopic (exact) mass is 368 g/mol. The van der Waals surface area contributed by atoms with Crippen molar-refractivity contribution >= 4 is 43.2 Å². The Morgan fingerprint density at radius 2 is 2.00 bits per heavy atom. The Balaban J connectivity index is 3.22. The highest BCUT2D eigenvalue weighted by Crippen LogP contribution is 2.32. The number of hydrogen-bond acceptors (Lipinski definition) is 3. The summed E-state index contributed by atoms with van der Waals surface area (Å²) in [6.45, 7) is 5.69. The number of sulfonamides is 1. The van der Waals surface area contributed by atoms with Crippen LogP contribution in [0.4, 0.5) is 5.69 Å². The normalized spacial score (nSPS) is 12.7. The zero-order valence-corrected chi connectivity index (χ0v) is 14.3. The summed E-state index contributed by atoms with van der Waals surface area (Å²) in [5, 5.41) is 0.286. The zero-order valence-electron chi connectivity index (χ0n) is 11.1. The molecule has 0 atom stereocenters. The Labute approximate surface area is 127 Å². The van der Waals surface area contributed by atoms with E-state index in [0.29, 0.717) is 10.2 Å². The molecule has 0 amide bonds. The molecule has 7 heteroatoms. The summed E-state index contributed by atoms with van der Waals surface area (Å²) in [4.78, 5) is 0.0571. The molecule has 0 aliphatic carbocycles. The van der Waals surface area contributed by atoms with Gasteiger partial charge in [0.05, 0.1) is 9.37 Å². The van der Waals surface area contributed by atoms with Crippen molar-refractivity contribution in [3.05, 3.63) is 21.6 Å². The standard InChI is InChI=1S/C12H18BrClN2O2S/c1-4-5-12(2,3)16-19(17,18)10-7-8(14)6-9(15)11(10)13/h6-7,16H,4-5,15H2,1-3H3. The summed E-state index contributed by atoms with van der Waals surface area (Å²) < 4.78 is 27.8. The average Bonchev–Trinajstić information content (AvgIpc) is 2.21. The summed E-state index contributed by atoms with van der Waals surface area (Å²) in [6, 6.07) is 2.88. The number of hydrogen-bond donors (Lipinski definition) is 2. The molecule has 0 aromatic heterocycles. The molecule has 0 unspecified atom stereocenters. The maximum absolute atomic E-state index is 12.4. The van der Waals surface area contributed by atoms with Crippen LogP contribution in [-0.4, -0.2) is 14.0 Å². The van der Waals surface area contributed by atoms with Gasteiger partial charge in [-0.3, -0.25) is 0 Å². The molecule has 0 saturated heterocycles. The van der Waals surface area contributed by atoms with E-state index in [1.54, 1.807) is 0 Å². The predicted octanol–water partition coefficient (Wildman–Crippen LogP) is 3.54. The second-order valence-electron chi connectivity index (χ2n) is 5.05. The molecule has 0 aliphatic rings. The molecular weight excluding hydrogens is 352 g/mol. The lowest BCUT2D eigenvalue weighted by Crippen LogP contribution is -2.43. The van der Waals surface area contributed by atoms with Gasteiger partial charge in [-0.2, -0.15) is 0 Å². The number of nitrogens with two attached hydrogens (primary N) is 1. The van der Waals surface area contributed by atoms with Crippen LogP contribution in [0.2, 0.25) is 5.02 Å². The first-order valence-corrected chi connectivity index (χ1v) is 8.53. The van der Waals surface area contributed by atoms with Crippen molar-refractivity contribution in [1.29, 1.82) is 0 Å². The molecule has 0 aliphatic heterocycles. The molecule has 0 spiro atoms. The van der Waals surface area contributed by atoms with Crippen molar-refractivity contribution in [2.24, 2.45) is 0 Å². The van der Waals surface area contributed by atoms with Gasteiger partial charge < -0.3 is 5.73 Å². The van der Waals surface area contributed by atoms with Gasteiger partial charge in [0.2, 0.25) is 10.0 Å². The highest BCUT2D eigenvalue weighted by atomic mass is 79.9. The van der Waals surface area contributed by atoms with E-state index in [1.807, 2.05) is 20.8 Å². The van der Waals surface area contributed by atoms with Gasteiger partial charge in [0.15, 0.2) is 0 Å². The molecule has 3 N–H and O–H groups in total. The van der Waals surface area contributed by atoms with Gasteiger partial charge in [0.1, 0.15) is 0 Å². The van der Waals surface area contributed by atoms with Crippen LogP contribution in [0.5, 0.6) is 0 Å². The van der Waals surface area contributed by atoms with E-state index in [0.717, 1.165) is 12.8 Å². The van der Waals surface area contributed by atoms with Crippen molar-refractivity contribution in [3.8, 4) is 0 Å². The number of anilines is 1. The Kier molecular flexibility index (Phi) is 5.28. The van der Waals surface area contributed by atoms with Crippen LogP contribution >= 0.6 is 27.5 Å². The number of halogens is 2. The fourth-order valence-corrected chi connectivity index (χ4v) is 4.61. The molecular formula is C12H18BrClN2O2S. The third-order valence-electron chi connectivity index (χ3n) is 2.61. The topological polar surface area (TPSA) is 72.2 Å². The Bertz CT molecular complexity index is 573. The summed E-state index contributed by atoms with van der Waals surface area (Å²) in [7, 11) is -3.68. The van der Waals surface area contributed by atoms with E-state index in [-0.39, 0.29) is 9.92 Å². The first-order chi connectivity index (χ1) is 8.59. The molecule has 19 heavy (non-hydrogen) atoms. The molecule has 1 aromatic carbocycles. The van der Waals surface area contributed by atoms with Gasteiger partial charge in [0, 0.05) is 16.2 Å². The van der Waals surface area contributed by atoms with E-state index >= 15 is 0 Å². The van der Waals surface area contributed by atoms with Crippen molar-refractivity contribution in [2.75, 3.05) is 5.73 Å². The molecule has 108 valence electrons. The fraction of sp³-hybridized carbons (Fsp3) is 0.500. The fourth-order valence-electron chi connectivity index (χ4n) is 1.87. The minimum atomic E-state index is -3.68. The number of rotatable bonds is 5. The summed E-state index contributed by atoms with van der Waals surface area (Å²) >= 11 is 9.06. The van der Waals surface area contributed by atoms with Gasteiger partial charge in [0.25, 0.3) is 0 Å². The molecule has 0 radical (unpaired) electrons. The molecule has 1 aromatic rings. The van der Waals surface area contributed by atoms with Gasteiger partial charge in [-0.05, 0) is 48.3 Å². The first-order valence-electron chi connectivity index (χ1n) is 5.87. The van der Waals surface area contributed by atoms with Crippen LogP contribution in [0.25, 0.3) is 0 Å². The van der Waals surface area contributed by atoms with Crippen LogP contribution in [0.1, 0.15) is 33.6 Å². The highest BCUT2D eigenvalue weighted by Gasteiger charge is 2.27. The van der Waals surface area contributed by atoms with Gasteiger partial charge in [-0.25, -0.2) is 13.1 Å². The van der Waals surface area contributed by atoms with Gasteiger partial charge in [-0.15, -0.1) is 0 Å². The molecule has 0 heterocycles. The largest absolute Gasteiger partial charge is 0.398 e. The molecule has 0 saturated carbocycles. The quantitative estimate of drug-likeness (QED) is 0.780. The van der Waals surface area contributed by atoms with E-state index in [4.69, 9.17) is 17.3 Å². The average molecular weight is 370 g/mol.